The molecular weight excluding hydrogens is 352 g/mol. The quantitative estimate of drug-likeness (QED) is 0.378. The molecule has 0 amide bonds. The maximum Gasteiger partial charge on any atom is 0.304 e. The van der Waals surface area contributed by atoms with Crippen LogP contribution >= 0.6 is 15.9 Å². The lowest BCUT2D eigenvalue weighted by atomic mass is 10.5. The molecule has 0 atom stereocenters. The SMILES string of the molecule is CN=C(Nn1c(C=O)nc(C(F)F)c1Br)OCC(F)F. The number of nitrogens with one attached hydrogen (secondary N) is 1. The maximum absolute atomic E-state index is 12.6. The molecular formula is C9H9BrF4N4O2. The van der Waals surface area contributed by atoms with E-state index in [-0.39, 0.29) is 16.9 Å². The van der Waals surface area contributed by atoms with Crippen molar-refractivity contribution in [1.29, 1.82) is 0 Å². The molecule has 0 spiro atoms. The minimum absolute atomic E-state index is 0.212. The van der Waals surface area contributed by atoms with Crippen molar-refractivity contribution in [3.63, 3.8) is 0 Å². The first-order chi connectivity index (χ1) is 9.40. The van der Waals surface area contributed by atoms with Gasteiger partial charge in [0.2, 0.25) is 0 Å². The van der Waals surface area contributed by atoms with Crippen LogP contribution in [0.4, 0.5) is 17.6 Å². The Labute approximate surface area is 118 Å². The number of nitrogens with zero attached hydrogens (tertiary/aromatic N) is 3. The predicted molar refractivity (Wildman–Crippen MR) is 64.9 cm³/mol. The molecule has 20 heavy (non-hydrogen) atoms. The zero-order valence-electron chi connectivity index (χ0n) is 9.99. The van der Waals surface area contributed by atoms with Gasteiger partial charge in [-0.05, 0) is 15.9 Å². The molecule has 1 aromatic heterocycles. The van der Waals surface area contributed by atoms with Gasteiger partial charge in [0.15, 0.2) is 18.7 Å². The summed E-state index contributed by atoms with van der Waals surface area (Å²) < 4.78 is 54.4. The van der Waals surface area contributed by atoms with Crippen molar-refractivity contribution >= 4 is 28.2 Å². The summed E-state index contributed by atoms with van der Waals surface area (Å²) >= 11 is 2.82. The number of carbonyl (C=O) groups is 1. The number of amidine groups is 1. The van der Waals surface area contributed by atoms with E-state index in [4.69, 9.17) is 0 Å². The van der Waals surface area contributed by atoms with E-state index in [1.165, 1.54) is 7.05 Å². The Kier molecular flexibility index (Phi) is 5.92. The molecule has 1 heterocycles. The summed E-state index contributed by atoms with van der Waals surface area (Å²) in [7, 11) is 1.23. The number of halogens is 5. The van der Waals surface area contributed by atoms with Crippen molar-refractivity contribution < 1.29 is 27.1 Å². The Balaban J connectivity index is 2.98. The summed E-state index contributed by atoms with van der Waals surface area (Å²) in [6, 6.07) is -0.382. The minimum Gasteiger partial charge on any atom is -0.458 e. The maximum atomic E-state index is 12.6. The van der Waals surface area contributed by atoms with Gasteiger partial charge in [-0.25, -0.2) is 37.6 Å². The minimum atomic E-state index is -2.92. The molecule has 1 aromatic rings. The number of imidazole rings is 1. The summed E-state index contributed by atoms with van der Waals surface area (Å²) in [5.74, 6) is -0.394. The molecule has 6 nitrogen and oxygen atoms in total. The van der Waals surface area contributed by atoms with Crippen molar-refractivity contribution in [3.05, 3.63) is 16.1 Å². The molecule has 0 unspecified atom stereocenters. The highest BCUT2D eigenvalue weighted by atomic mass is 79.9. The van der Waals surface area contributed by atoms with Gasteiger partial charge >= 0.3 is 6.02 Å². The van der Waals surface area contributed by atoms with Crippen molar-refractivity contribution in [2.75, 3.05) is 19.1 Å². The Morgan fingerprint density at radius 1 is 1.55 bits per heavy atom. The van der Waals surface area contributed by atoms with Crippen LogP contribution in [0.3, 0.4) is 0 Å². The number of hydrogen-bond donors (Lipinski definition) is 1. The number of carbonyl (C=O) groups excluding carboxylic acids is 1. The topological polar surface area (TPSA) is 68.5 Å². The van der Waals surface area contributed by atoms with Crippen LogP contribution in [0.15, 0.2) is 9.60 Å². The van der Waals surface area contributed by atoms with Gasteiger partial charge in [-0.2, -0.15) is 0 Å². The molecule has 0 aliphatic rings. The molecule has 0 saturated carbocycles. The molecule has 0 fully saturated rings. The summed E-state index contributed by atoms with van der Waals surface area (Å²) in [6.07, 6.45) is -5.44. The van der Waals surface area contributed by atoms with Gasteiger partial charge in [0.25, 0.3) is 12.9 Å². The highest BCUT2D eigenvalue weighted by molar-refractivity contribution is 9.10. The second-order valence-electron chi connectivity index (χ2n) is 3.24. The first kappa shape index (κ1) is 16.4. The second-order valence-corrected chi connectivity index (χ2v) is 3.99. The highest BCUT2D eigenvalue weighted by Gasteiger charge is 2.23. The fourth-order valence-electron chi connectivity index (χ4n) is 1.14. The van der Waals surface area contributed by atoms with Crippen LogP contribution in [0.5, 0.6) is 0 Å². The fraction of sp³-hybridized carbons (Fsp3) is 0.444. The standard InChI is InChI=1S/C9H9BrF4N4O2/c1-15-9(20-3-4(11)12)17-18-5(2-19)16-6(7(18)10)8(13)14/h2,4,8H,3H2,1H3,(H,15,17). The summed E-state index contributed by atoms with van der Waals surface area (Å²) in [5, 5.41) is 0. The van der Waals surface area contributed by atoms with E-state index in [2.05, 4.69) is 36.1 Å². The van der Waals surface area contributed by atoms with Gasteiger partial charge in [-0.15, -0.1) is 0 Å². The molecule has 0 aromatic carbocycles. The Bertz CT molecular complexity index is 506. The lowest BCUT2D eigenvalue weighted by Crippen LogP contribution is -2.28. The Morgan fingerprint density at radius 3 is 2.65 bits per heavy atom. The van der Waals surface area contributed by atoms with Crippen LogP contribution in [0, 0.1) is 0 Å². The first-order valence-corrected chi connectivity index (χ1v) is 5.86. The van der Waals surface area contributed by atoms with Gasteiger partial charge in [0.1, 0.15) is 10.3 Å². The number of rotatable bonds is 5. The molecule has 0 aliphatic carbocycles. The monoisotopic (exact) mass is 360 g/mol. The lowest BCUT2D eigenvalue weighted by molar-refractivity contribution is 0.0755. The van der Waals surface area contributed by atoms with Crippen LogP contribution in [-0.4, -0.2) is 42.0 Å². The van der Waals surface area contributed by atoms with E-state index < -0.39 is 31.0 Å². The van der Waals surface area contributed by atoms with Crippen LogP contribution < -0.4 is 5.43 Å². The van der Waals surface area contributed by atoms with E-state index in [0.29, 0.717) is 0 Å². The first-order valence-electron chi connectivity index (χ1n) is 5.06. The Morgan fingerprint density at radius 2 is 2.20 bits per heavy atom. The zero-order valence-corrected chi connectivity index (χ0v) is 11.6. The van der Waals surface area contributed by atoms with Crippen molar-refractivity contribution in [3.8, 4) is 0 Å². The van der Waals surface area contributed by atoms with Crippen LogP contribution in [0.1, 0.15) is 22.7 Å². The molecule has 1 N–H and O–H groups in total. The number of alkyl halides is 4. The molecule has 11 heteroatoms. The normalized spacial score (nSPS) is 12.1. The van der Waals surface area contributed by atoms with Crippen molar-refractivity contribution in [1.82, 2.24) is 9.66 Å². The number of aliphatic imine (C=N–C) groups is 1. The van der Waals surface area contributed by atoms with Crippen LogP contribution in [-0.2, 0) is 4.74 Å². The van der Waals surface area contributed by atoms with E-state index in [1.807, 2.05) is 0 Å². The zero-order chi connectivity index (χ0) is 15.3. The number of hydrogen-bond acceptors (Lipinski definition) is 4. The van der Waals surface area contributed by atoms with E-state index in [1.54, 1.807) is 0 Å². The third-order valence-electron chi connectivity index (χ3n) is 1.94. The van der Waals surface area contributed by atoms with Gasteiger partial charge in [0, 0.05) is 7.05 Å². The van der Waals surface area contributed by atoms with Crippen molar-refractivity contribution in [2.24, 2.45) is 4.99 Å². The van der Waals surface area contributed by atoms with Crippen LogP contribution in [0.2, 0.25) is 0 Å². The van der Waals surface area contributed by atoms with Gasteiger partial charge in [0.05, 0.1) is 0 Å². The van der Waals surface area contributed by atoms with Crippen LogP contribution in [0.25, 0.3) is 0 Å². The molecule has 0 saturated heterocycles. The summed E-state index contributed by atoms with van der Waals surface area (Å²) in [6.45, 7) is -0.940. The number of aromatic nitrogens is 2. The average Bonchev–Trinajstić information content (AvgIpc) is 2.71. The molecule has 0 aliphatic heterocycles. The van der Waals surface area contributed by atoms with Gasteiger partial charge in [-0.3, -0.25) is 4.79 Å². The molecule has 1 rings (SSSR count). The third-order valence-corrected chi connectivity index (χ3v) is 2.70. The molecule has 0 bridgehead atoms. The fourth-order valence-corrected chi connectivity index (χ4v) is 1.68. The Hall–Kier alpha value is -1.65. The van der Waals surface area contributed by atoms with Gasteiger partial charge in [-0.1, -0.05) is 0 Å². The molecule has 112 valence electrons. The van der Waals surface area contributed by atoms with E-state index >= 15 is 0 Å². The third kappa shape index (κ3) is 3.92. The predicted octanol–water partition coefficient (Wildman–Crippen LogP) is 2.21. The van der Waals surface area contributed by atoms with E-state index in [0.717, 1.165) is 4.68 Å². The lowest BCUT2D eigenvalue weighted by Gasteiger charge is -2.12. The molecule has 0 radical (unpaired) electrons. The number of ether oxygens (including phenoxy) is 1. The van der Waals surface area contributed by atoms with Crippen molar-refractivity contribution in [2.45, 2.75) is 12.9 Å². The van der Waals surface area contributed by atoms with E-state index in [9.17, 15) is 22.4 Å². The average molecular weight is 361 g/mol. The number of aldehydes is 1. The summed E-state index contributed by atoms with van der Waals surface area (Å²) in [5.41, 5.74) is 1.61. The highest BCUT2D eigenvalue weighted by Crippen LogP contribution is 2.26. The van der Waals surface area contributed by atoms with Gasteiger partial charge < -0.3 is 4.74 Å². The largest absolute Gasteiger partial charge is 0.458 e. The summed E-state index contributed by atoms with van der Waals surface area (Å²) in [4.78, 5) is 17.7. The second kappa shape index (κ2) is 7.22. The smallest absolute Gasteiger partial charge is 0.304 e.